The van der Waals surface area contributed by atoms with Crippen LogP contribution < -0.4 is 5.32 Å². The van der Waals surface area contributed by atoms with Crippen LogP contribution in [0.15, 0.2) is 24.3 Å². The lowest BCUT2D eigenvalue weighted by Crippen LogP contribution is -2.25. The van der Waals surface area contributed by atoms with E-state index < -0.39 is 0 Å². The highest BCUT2D eigenvalue weighted by Crippen LogP contribution is 2.16. The Morgan fingerprint density at radius 3 is 2.58 bits per heavy atom. The number of hydrogen-bond donors (Lipinski definition) is 1. The molecule has 0 aliphatic rings. The maximum Gasteiger partial charge on any atom is 0.251 e. The molecule has 0 radical (unpaired) electrons. The number of benzene rings is 1. The molecular formula is C14H15FN2OS. The standard InChI is InChI=1S/C14H15FN2OS/c1-9-10(2)19-13(17-9)7-8-16-14(18)11-3-5-12(15)6-4-11/h3-6H,7-8H2,1-2H3,(H,16,18). The first kappa shape index (κ1) is 13.7. The van der Waals surface area contributed by atoms with Crippen molar-refractivity contribution in [1.82, 2.24) is 10.3 Å². The van der Waals surface area contributed by atoms with E-state index in [9.17, 15) is 9.18 Å². The van der Waals surface area contributed by atoms with Gasteiger partial charge < -0.3 is 5.32 Å². The van der Waals surface area contributed by atoms with Crippen LogP contribution in [-0.4, -0.2) is 17.4 Å². The van der Waals surface area contributed by atoms with Crippen LogP contribution in [0.4, 0.5) is 4.39 Å². The number of amides is 1. The van der Waals surface area contributed by atoms with Gasteiger partial charge in [0.2, 0.25) is 0 Å². The topological polar surface area (TPSA) is 42.0 Å². The minimum atomic E-state index is -0.342. The Labute approximate surface area is 115 Å². The second kappa shape index (κ2) is 5.93. The van der Waals surface area contributed by atoms with Crippen LogP contribution in [-0.2, 0) is 6.42 Å². The number of hydrogen-bond acceptors (Lipinski definition) is 3. The SMILES string of the molecule is Cc1nc(CCNC(=O)c2ccc(F)cc2)sc1C. The van der Waals surface area contributed by atoms with Crippen LogP contribution in [0.2, 0.25) is 0 Å². The molecule has 5 heteroatoms. The molecule has 0 spiro atoms. The van der Waals surface area contributed by atoms with Crippen molar-refractivity contribution in [2.75, 3.05) is 6.54 Å². The van der Waals surface area contributed by atoms with E-state index >= 15 is 0 Å². The largest absolute Gasteiger partial charge is 0.352 e. The van der Waals surface area contributed by atoms with Gasteiger partial charge in [0.05, 0.1) is 10.7 Å². The van der Waals surface area contributed by atoms with Gasteiger partial charge >= 0.3 is 0 Å². The molecule has 1 aromatic heterocycles. The number of rotatable bonds is 4. The first-order valence-corrected chi connectivity index (χ1v) is 6.84. The minimum Gasteiger partial charge on any atom is -0.352 e. The van der Waals surface area contributed by atoms with Crippen LogP contribution in [0.1, 0.15) is 25.9 Å². The molecule has 0 saturated carbocycles. The number of halogens is 1. The van der Waals surface area contributed by atoms with Gasteiger partial charge in [0.1, 0.15) is 5.82 Å². The zero-order valence-corrected chi connectivity index (χ0v) is 11.7. The van der Waals surface area contributed by atoms with Gasteiger partial charge in [0.15, 0.2) is 0 Å². The summed E-state index contributed by atoms with van der Waals surface area (Å²) < 4.78 is 12.7. The molecule has 0 bridgehead atoms. The normalized spacial score (nSPS) is 10.5. The fraction of sp³-hybridized carbons (Fsp3) is 0.286. The van der Waals surface area contributed by atoms with Crippen LogP contribution in [0.5, 0.6) is 0 Å². The lowest BCUT2D eigenvalue weighted by Gasteiger charge is -2.03. The quantitative estimate of drug-likeness (QED) is 0.934. The summed E-state index contributed by atoms with van der Waals surface area (Å²) in [6, 6.07) is 5.51. The maximum atomic E-state index is 12.7. The molecule has 3 nitrogen and oxygen atoms in total. The smallest absolute Gasteiger partial charge is 0.251 e. The van der Waals surface area contributed by atoms with Gasteiger partial charge in [0, 0.05) is 23.4 Å². The molecule has 1 heterocycles. The molecule has 0 unspecified atom stereocenters. The summed E-state index contributed by atoms with van der Waals surface area (Å²) in [5.41, 5.74) is 1.51. The number of nitrogens with one attached hydrogen (secondary N) is 1. The Morgan fingerprint density at radius 2 is 2.00 bits per heavy atom. The van der Waals surface area contributed by atoms with E-state index in [4.69, 9.17) is 0 Å². The number of nitrogens with zero attached hydrogens (tertiary/aromatic N) is 1. The summed E-state index contributed by atoms with van der Waals surface area (Å²) >= 11 is 1.65. The minimum absolute atomic E-state index is 0.190. The van der Waals surface area contributed by atoms with E-state index in [-0.39, 0.29) is 11.7 Å². The summed E-state index contributed by atoms with van der Waals surface area (Å²) in [5, 5.41) is 3.82. The fourth-order valence-corrected chi connectivity index (χ4v) is 2.57. The summed E-state index contributed by atoms with van der Waals surface area (Å²) in [6.07, 6.45) is 0.715. The molecule has 1 amide bonds. The Balaban J connectivity index is 1.85. The van der Waals surface area contributed by atoms with Crippen LogP contribution in [0.3, 0.4) is 0 Å². The van der Waals surface area contributed by atoms with Crippen molar-refractivity contribution in [3.8, 4) is 0 Å². The highest BCUT2D eigenvalue weighted by molar-refractivity contribution is 7.11. The zero-order valence-electron chi connectivity index (χ0n) is 10.9. The Bertz CT molecular complexity index is 558. The third-order valence-corrected chi connectivity index (χ3v) is 3.94. The molecule has 0 saturated heterocycles. The Kier molecular flexibility index (Phi) is 4.27. The van der Waals surface area contributed by atoms with Gasteiger partial charge in [-0.3, -0.25) is 4.79 Å². The number of thiazole rings is 1. The van der Waals surface area contributed by atoms with E-state index in [1.807, 2.05) is 13.8 Å². The number of aryl methyl sites for hydroxylation is 2. The third kappa shape index (κ3) is 3.61. The maximum absolute atomic E-state index is 12.7. The van der Waals surface area contributed by atoms with Crippen molar-refractivity contribution >= 4 is 17.2 Å². The zero-order chi connectivity index (χ0) is 13.8. The molecule has 0 aliphatic heterocycles. The van der Waals surface area contributed by atoms with Gasteiger partial charge in [-0.25, -0.2) is 9.37 Å². The highest BCUT2D eigenvalue weighted by atomic mass is 32.1. The Morgan fingerprint density at radius 1 is 1.32 bits per heavy atom. The lowest BCUT2D eigenvalue weighted by molar-refractivity contribution is 0.0954. The van der Waals surface area contributed by atoms with Crippen molar-refractivity contribution in [2.24, 2.45) is 0 Å². The molecule has 1 N–H and O–H groups in total. The first-order valence-electron chi connectivity index (χ1n) is 6.03. The molecule has 100 valence electrons. The fourth-order valence-electron chi connectivity index (χ4n) is 1.63. The van der Waals surface area contributed by atoms with Gasteiger partial charge in [-0.05, 0) is 38.1 Å². The highest BCUT2D eigenvalue weighted by Gasteiger charge is 2.07. The predicted octanol–water partition coefficient (Wildman–Crippen LogP) is 2.87. The van der Waals surface area contributed by atoms with Crippen LogP contribution >= 0.6 is 11.3 Å². The van der Waals surface area contributed by atoms with E-state index in [0.717, 1.165) is 10.7 Å². The van der Waals surface area contributed by atoms with Crippen LogP contribution in [0.25, 0.3) is 0 Å². The monoisotopic (exact) mass is 278 g/mol. The Hall–Kier alpha value is -1.75. The molecule has 2 aromatic rings. The lowest BCUT2D eigenvalue weighted by atomic mass is 10.2. The predicted molar refractivity (Wildman–Crippen MR) is 74.0 cm³/mol. The summed E-state index contributed by atoms with van der Waals surface area (Å²) in [5.74, 6) is -0.532. The molecule has 0 atom stereocenters. The van der Waals surface area contributed by atoms with Crippen LogP contribution in [0, 0.1) is 19.7 Å². The van der Waals surface area contributed by atoms with Gasteiger partial charge in [-0.15, -0.1) is 11.3 Å². The molecule has 1 aromatic carbocycles. The number of carbonyl (C=O) groups excluding carboxylic acids is 1. The second-order valence-electron chi connectivity index (χ2n) is 4.26. The number of carbonyl (C=O) groups is 1. The molecule has 0 aliphatic carbocycles. The summed E-state index contributed by atoms with van der Waals surface area (Å²) in [4.78, 5) is 17.4. The van der Waals surface area contributed by atoms with Gasteiger partial charge in [-0.1, -0.05) is 0 Å². The summed E-state index contributed by atoms with van der Waals surface area (Å²) in [6.45, 7) is 4.54. The molecule has 2 rings (SSSR count). The van der Waals surface area contributed by atoms with E-state index in [1.54, 1.807) is 11.3 Å². The average molecular weight is 278 g/mol. The van der Waals surface area contributed by atoms with Crippen molar-refractivity contribution in [3.63, 3.8) is 0 Å². The average Bonchev–Trinajstić information content (AvgIpc) is 2.69. The van der Waals surface area contributed by atoms with Gasteiger partial charge in [0.25, 0.3) is 5.91 Å². The molecular weight excluding hydrogens is 263 g/mol. The van der Waals surface area contributed by atoms with E-state index in [1.165, 1.54) is 29.1 Å². The van der Waals surface area contributed by atoms with Crippen molar-refractivity contribution in [1.29, 1.82) is 0 Å². The molecule has 0 fully saturated rings. The number of aromatic nitrogens is 1. The van der Waals surface area contributed by atoms with Gasteiger partial charge in [-0.2, -0.15) is 0 Å². The van der Waals surface area contributed by atoms with Crippen molar-refractivity contribution < 1.29 is 9.18 Å². The molecule has 19 heavy (non-hydrogen) atoms. The van der Waals surface area contributed by atoms with Crippen molar-refractivity contribution in [2.45, 2.75) is 20.3 Å². The second-order valence-corrected chi connectivity index (χ2v) is 5.55. The third-order valence-electron chi connectivity index (χ3n) is 2.80. The van der Waals surface area contributed by atoms with E-state index in [2.05, 4.69) is 10.3 Å². The van der Waals surface area contributed by atoms with E-state index in [0.29, 0.717) is 18.5 Å². The first-order chi connectivity index (χ1) is 9.06. The summed E-state index contributed by atoms with van der Waals surface area (Å²) in [7, 11) is 0. The van der Waals surface area contributed by atoms with Crippen molar-refractivity contribution in [3.05, 3.63) is 51.2 Å².